The van der Waals surface area contributed by atoms with Crippen LogP contribution < -0.4 is 5.32 Å². The van der Waals surface area contributed by atoms with Gasteiger partial charge in [0.2, 0.25) is 0 Å². The molecule has 1 amide bonds. The Hall–Kier alpha value is -3.67. The minimum Gasteiger partial charge on any atom is -0.478 e. The molecule has 136 valence electrons. The smallest absolute Gasteiger partial charge is 0.411 e. The summed E-state index contributed by atoms with van der Waals surface area (Å²) in [6.07, 6.45) is -0.598. The van der Waals surface area contributed by atoms with Gasteiger partial charge in [-0.2, -0.15) is 0 Å². The molecule has 0 saturated carbocycles. The number of ether oxygens (including phenoxy) is 1. The zero-order chi connectivity index (χ0) is 19.2. The number of anilines is 1. The summed E-state index contributed by atoms with van der Waals surface area (Å²) < 4.78 is 18.4. The second-order valence-electron chi connectivity index (χ2n) is 5.76. The predicted molar refractivity (Wildman–Crippen MR) is 99.0 cm³/mol. The van der Waals surface area contributed by atoms with Crippen molar-refractivity contribution in [3.63, 3.8) is 0 Å². The Kier molecular flexibility index (Phi) is 5.47. The molecule has 6 heteroatoms. The summed E-state index contributed by atoms with van der Waals surface area (Å²) in [6.45, 7) is 0.155. The standard InChI is InChI=1S/C21H16FNO4/c22-16-8-11-18(19(12-16)20(24)25)15-6-9-17(10-7-15)23-21(26)27-13-14-4-2-1-3-5-14/h1-12H,13H2,(H,23,26)(H,24,25). The first kappa shape index (κ1) is 18.1. The first-order valence-electron chi connectivity index (χ1n) is 8.14. The number of aromatic carboxylic acids is 1. The lowest BCUT2D eigenvalue weighted by Crippen LogP contribution is -2.13. The van der Waals surface area contributed by atoms with E-state index >= 15 is 0 Å². The van der Waals surface area contributed by atoms with Crippen LogP contribution in [-0.2, 0) is 11.3 Å². The van der Waals surface area contributed by atoms with Crippen molar-refractivity contribution in [3.8, 4) is 11.1 Å². The van der Waals surface area contributed by atoms with Crippen molar-refractivity contribution < 1.29 is 23.8 Å². The van der Waals surface area contributed by atoms with Crippen LogP contribution in [0.2, 0.25) is 0 Å². The fourth-order valence-corrected chi connectivity index (χ4v) is 2.56. The molecular weight excluding hydrogens is 349 g/mol. The second kappa shape index (κ2) is 8.14. The molecule has 0 radical (unpaired) electrons. The molecule has 3 aromatic rings. The zero-order valence-electron chi connectivity index (χ0n) is 14.2. The molecule has 5 nitrogen and oxygen atoms in total. The molecule has 3 rings (SSSR count). The number of carbonyl (C=O) groups is 2. The van der Waals surface area contributed by atoms with Gasteiger partial charge in [0.05, 0.1) is 5.56 Å². The van der Waals surface area contributed by atoms with Gasteiger partial charge in [-0.3, -0.25) is 5.32 Å². The van der Waals surface area contributed by atoms with Crippen LogP contribution in [0.4, 0.5) is 14.9 Å². The monoisotopic (exact) mass is 365 g/mol. The topological polar surface area (TPSA) is 75.6 Å². The highest BCUT2D eigenvalue weighted by Gasteiger charge is 2.13. The Bertz CT molecular complexity index is 956. The molecule has 27 heavy (non-hydrogen) atoms. The van der Waals surface area contributed by atoms with Crippen LogP contribution in [0.25, 0.3) is 11.1 Å². The Morgan fingerprint density at radius 1 is 0.963 bits per heavy atom. The number of hydrogen-bond donors (Lipinski definition) is 2. The van der Waals surface area contributed by atoms with Gasteiger partial charge in [-0.1, -0.05) is 48.5 Å². The van der Waals surface area contributed by atoms with Gasteiger partial charge in [0.15, 0.2) is 0 Å². The van der Waals surface area contributed by atoms with Crippen molar-refractivity contribution >= 4 is 17.7 Å². The van der Waals surface area contributed by atoms with Crippen LogP contribution in [0.1, 0.15) is 15.9 Å². The highest BCUT2D eigenvalue weighted by atomic mass is 19.1. The molecule has 0 saturated heterocycles. The van der Waals surface area contributed by atoms with E-state index in [-0.39, 0.29) is 12.2 Å². The quantitative estimate of drug-likeness (QED) is 0.671. The van der Waals surface area contributed by atoms with Crippen LogP contribution in [0.15, 0.2) is 72.8 Å². The zero-order valence-corrected chi connectivity index (χ0v) is 14.2. The van der Waals surface area contributed by atoms with Crippen molar-refractivity contribution in [1.82, 2.24) is 0 Å². The van der Waals surface area contributed by atoms with E-state index in [1.54, 1.807) is 24.3 Å². The molecule has 0 heterocycles. The number of carbonyl (C=O) groups excluding carboxylic acids is 1. The van der Waals surface area contributed by atoms with Crippen LogP contribution in [0, 0.1) is 5.82 Å². The number of benzene rings is 3. The summed E-state index contributed by atoms with van der Waals surface area (Å²) >= 11 is 0. The van der Waals surface area contributed by atoms with Crippen LogP contribution in [0.5, 0.6) is 0 Å². The number of carboxylic acids is 1. The van der Waals surface area contributed by atoms with E-state index in [1.807, 2.05) is 30.3 Å². The first-order chi connectivity index (χ1) is 13.0. The Balaban J connectivity index is 1.67. The predicted octanol–water partition coefficient (Wildman–Crippen LogP) is 4.94. The van der Waals surface area contributed by atoms with Crippen LogP contribution in [-0.4, -0.2) is 17.2 Å². The molecule has 0 bridgehead atoms. The average molecular weight is 365 g/mol. The van der Waals surface area contributed by atoms with E-state index in [0.717, 1.165) is 11.6 Å². The van der Waals surface area contributed by atoms with Crippen molar-refractivity contribution in [1.29, 1.82) is 0 Å². The largest absolute Gasteiger partial charge is 0.478 e. The van der Waals surface area contributed by atoms with Gasteiger partial charge in [-0.25, -0.2) is 14.0 Å². The molecular formula is C21H16FNO4. The lowest BCUT2D eigenvalue weighted by atomic mass is 9.99. The molecule has 0 spiro atoms. The number of carboxylic acid groups (broad SMARTS) is 1. The van der Waals surface area contributed by atoms with Gasteiger partial charge in [0.25, 0.3) is 0 Å². The molecule has 0 fully saturated rings. The van der Waals surface area contributed by atoms with Gasteiger partial charge in [0.1, 0.15) is 12.4 Å². The number of halogens is 1. The summed E-state index contributed by atoms with van der Waals surface area (Å²) in [5.41, 5.74) is 2.23. The SMILES string of the molecule is O=C(Nc1ccc(-c2ccc(F)cc2C(=O)O)cc1)OCc1ccccc1. The van der Waals surface area contributed by atoms with E-state index in [1.165, 1.54) is 12.1 Å². The highest BCUT2D eigenvalue weighted by molar-refractivity contribution is 5.96. The third kappa shape index (κ3) is 4.70. The minimum absolute atomic E-state index is 0.127. The third-order valence-electron chi connectivity index (χ3n) is 3.87. The summed E-state index contributed by atoms with van der Waals surface area (Å²) in [6, 6.07) is 19.4. The van der Waals surface area contributed by atoms with Crippen molar-refractivity contribution in [2.24, 2.45) is 0 Å². The second-order valence-corrected chi connectivity index (χ2v) is 5.76. The number of nitrogens with one attached hydrogen (secondary N) is 1. The van der Waals surface area contributed by atoms with E-state index in [2.05, 4.69) is 5.32 Å². The van der Waals surface area contributed by atoms with Gasteiger partial charge in [-0.05, 0) is 41.0 Å². The summed E-state index contributed by atoms with van der Waals surface area (Å²) in [4.78, 5) is 23.2. The summed E-state index contributed by atoms with van der Waals surface area (Å²) in [5.74, 6) is -1.83. The maximum Gasteiger partial charge on any atom is 0.411 e. The van der Waals surface area contributed by atoms with Crippen molar-refractivity contribution in [2.75, 3.05) is 5.32 Å². The molecule has 0 unspecified atom stereocenters. The number of amides is 1. The lowest BCUT2D eigenvalue weighted by molar-refractivity contribution is 0.0697. The molecule has 2 N–H and O–H groups in total. The Labute approximate surface area is 155 Å². The fourth-order valence-electron chi connectivity index (χ4n) is 2.56. The van der Waals surface area contributed by atoms with E-state index in [0.29, 0.717) is 16.8 Å². The normalized spacial score (nSPS) is 10.3. The van der Waals surface area contributed by atoms with E-state index in [9.17, 15) is 19.1 Å². The maximum atomic E-state index is 13.3. The molecule has 3 aromatic carbocycles. The molecule has 0 aromatic heterocycles. The first-order valence-corrected chi connectivity index (χ1v) is 8.14. The molecule has 0 aliphatic heterocycles. The minimum atomic E-state index is -1.21. The van der Waals surface area contributed by atoms with E-state index in [4.69, 9.17) is 4.74 Å². The van der Waals surface area contributed by atoms with E-state index < -0.39 is 17.9 Å². The Morgan fingerprint density at radius 3 is 2.33 bits per heavy atom. The summed E-state index contributed by atoms with van der Waals surface area (Å²) in [5, 5.41) is 11.8. The van der Waals surface area contributed by atoms with Crippen molar-refractivity contribution in [2.45, 2.75) is 6.61 Å². The van der Waals surface area contributed by atoms with Gasteiger partial charge >= 0.3 is 12.1 Å². The summed E-state index contributed by atoms with van der Waals surface area (Å²) in [7, 11) is 0. The lowest BCUT2D eigenvalue weighted by Gasteiger charge is -2.09. The van der Waals surface area contributed by atoms with Gasteiger partial charge in [0, 0.05) is 5.69 Å². The molecule has 0 atom stereocenters. The third-order valence-corrected chi connectivity index (χ3v) is 3.87. The van der Waals surface area contributed by atoms with Crippen LogP contribution in [0.3, 0.4) is 0 Å². The Morgan fingerprint density at radius 2 is 1.67 bits per heavy atom. The number of rotatable bonds is 5. The number of hydrogen-bond acceptors (Lipinski definition) is 3. The molecule has 0 aliphatic carbocycles. The van der Waals surface area contributed by atoms with Gasteiger partial charge in [-0.15, -0.1) is 0 Å². The maximum absolute atomic E-state index is 13.3. The fraction of sp³-hybridized carbons (Fsp3) is 0.0476. The van der Waals surface area contributed by atoms with Gasteiger partial charge < -0.3 is 9.84 Å². The molecule has 0 aliphatic rings. The van der Waals surface area contributed by atoms with Crippen molar-refractivity contribution in [3.05, 3.63) is 89.7 Å². The average Bonchev–Trinajstić information content (AvgIpc) is 2.68. The highest BCUT2D eigenvalue weighted by Crippen LogP contribution is 2.26. The van der Waals surface area contributed by atoms with Crippen LogP contribution >= 0.6 is 0 Å².